The van der Waals surface area contributed by atoms with Crippen LogP contribution >= 0.6 is 0 Å². The maximum atomic E-state index is 12.3. The van der Waals surface area contributed by atoms with Crippen LogP contribution in [0.15, 0.2) is 42.6 Å². The number of carbonyl (C=O) groups excluding carboxylic acids is 1. The van der Waals surface area contributed by atoms with Crippen LogP contribution in [0.4, 0.5) is 16.3 Å². The molecule has 0 saturated carbocycles. The van der Waals surface area contributed by atoms with Crippen molar-refractivity contribution >= 4 is 17.5 Å². The van der Waals surface area contributed by atoms with Gasteiger partial charge in [-0.25, -0.2) is 9.78 Å². The van der Waals surface area contributed by atoms with Crippen LogP contribution < -0.4 is 20.3 Å². The Labute approximate surface area is 147 Å². The van der Waals surface area contributed by atoms with E-state index in [1.54, 1.807) is 6.20 Å². The predicted octanol–water partition coefficient (Wildman–Crippen LogP) is 3.33. The number of nitrogens with zero attached hydrogens (tertiary/aromatic N) is 2. The number of carbonyl (C=O) groups is 1. The molecular formula is C19H22N4O2. The first-order valence-corrected chi connectivity index (χ1v) is 8.80. The van der Waals surface area contributed by atoms with Crippen LogP contribution in [0.1, 0.15) is 30.9 Å². The van der Waals surface area contributed by atoms with Gasteiger partial charge in [0.15, 0.2) is 0 Å². The Morgan fingerprint density at radius 3 is 2.80 bits per heavy atom. The van der Waals surface area contributed by atoms with Gasteiger partial charge in [0.25, 0.3) is 0 Å². The van der Waals surface area contributed by atoms with Crippen LogP contribution in [0.5, 0.6) is 5.75 Å². The van der Waals surface area contributed by atoms with Crippen LogP contribution in [0, 0.1) is 0 Å². The molecular weight excluding hydrogens is 316 g/mol. The molecule has 2 aromatic rings. The molecule has 130 valence electrons. The predicted molar refractivity (Wildman–Crippen MR) is 97.1 cm³/mol. The summed E-state index contributed by atoms with van der Waals surface area (Å²) >= 11 is 0. The minimum absolute atomic E-state index is 0.0400. The summed E-state index contributed by atoms with van der Waals surface area (Å²) in [4.78, 5) is 19.1. The second kappa shape index (κ2) is 7.01. The number of fused-ring (bicyclic) bond motifs is 1. The summed E-state index contributed by atoms with van der Waals surface area (Å²) < 4.78 is 5.63. The SMILES string of the molecule is O=C(Nc1ccc(N2CCCC2)nc1)N[C@H]1CCOc2ccccc21. The highest BCUT2D eigenvalue weighted by Crippen LogP contribution is 2.31. The number of hydrogen-bond donors (Lipinski definition) is 2. The summed E-state index contributed by atoms with van der Waals surface area (Å²) in [6, 6.07) is 11.4. The molecule has 1 saturated heterocycles. The van der Waals surface area contributed by atoms with E-state index in [9.17, 15) is 4.79 Å². The van der Waals surface area contributed by atoms with Crippen molar-refractivity contribution in [3.63, 3.8) is 0 Å². The first-order chi connectivity index (χ1) is 12.3. The second-order valence-electron chi connectivity index (χ2n) is 6.43. The summed E-state index contributed by atoms with van der Waals surface area (Å²) in [6.45, 7) is 2.72. The number of benzene rings is 1. The van der Waals surface area contributed by atoms with Crippen molar-refractivity contribution in [2.45, 2.75) is 25.3 Å². The average molecular weight is 338 g/mol. The number of hydrogen-bond acceptors (Lipinski definition) is 4. The maximum absolute atomic E-state index is 12.3. The third-order valence-corrected chi connectivity index (χ3v) is 4.70. The highest BCUT2D eigenvalue weighted by atomic mass is 16.5. The molecule has 25 heavy (non-hydrogen) atoms. The lowest BCUT2D eigenvalue weighted by molar-refractivity contribution is 0.232. The average Bonchev–Trinajstić information content (AvgIpc) is 3.17. The van der Waals surface area contributed by atoms with Crippen molar-refractivity contribution in [3.8, 4) is 5.75 Å². The Bertz CT molecular complexity index is 741. The smallest absolute Gasteiger partial charge is 0.319 e. The van der Waals surface area contributed by atoms with Gasteiger partial charge in [-0.3, -0.25) is 0 Å². The second-order valence-corrected chi connectivity index (χ2v) is 6.43. The van der Waals surface area contributed by atoms with E-state index in [0.717, 1.165) is 36.6 Å². The van der Waals surface area contributed by atoms with E-state index in [1.165, 1.54) is 12.8 Å². The number of para-hydroxylation sites is 1. The van der Waals surface area contributed by atoms with E-state index in [1.807, 2.05) is 36.4 Å². The summed E-state index contributed by atoms with van der Waals surface area (Å²) in [5.74, 6) is 1.82. The maximum Gasteiger partial charge on any atom is 0.319 e. The fraction of sp³-hybridized carbons (Fsp3) is 0.368. The fourth-order valence-corrected chi connectivity index (χ4v) is 3.41. The highest BCUT2D eigenvalue weighted by molar-refractivity contribution is 5.89. The summed E-state index contributed by atoms with van der Waals surface area (Å²) in [5.41, 5.74) is 1.71. The molecule has 0 unspecified atom stereocenters. The van der Waals surface area contributed by atoms with Crippen LogP contribution in [-0.4, -0.2) is 30.7 Å². The summed E-state index contributed by atoms with van der Waals surface area (Å²) in [7, 11) is 0. The van der Waals surface area contributed by atoms with Crippen LogP contribution in [0.3, 0.4) is 0 Å². The lowest BCUT2D eigenvalue weighted by atomic mass is 10.0. The Morgan fingerprint density at radius 1 is 1.16 bits per heavy atom. The quantitative estimate of drug-likeness (QED) is 0.901. The van der Waals surface area contributed by atoms with Gasteiger partial charge in [-0.1, -0.05) is 18.2 Å². The van der Waals surface area contributed by atoms with Gasteiger partial charge in [-0.15, -0.1) is 0 Å². The molecule has 0 spiro atoms. The van der Waals surface area contributed by atoms with Crippen molar-refractivity contribution < 1.29 is 9.53 Å². The van der Waals surface area contributed by atoms with E-state index in [-0.39, 0.29) is 12.1 Å². The third kappa shape index (κ3) is 3.52. The molecule has 2 aliphatic heterocycles. The largest absolute Gasteiger partial charge is 0.493 e. The monoisotopic (exact) mass is 338 g/mol. The topological polar surface area (TPSA) is 66.5 Å². The molecule has 4 rings (SSSR count). The minimum Gasteiger partial charge on any atom is -0.493 e. The molecule has 1 fully saturated rings. The molecule has 6 heteroatoms. The van der Waals surface area contributed by atoms with E-state index >= 15 is 0 Å². The van der Waals surface area contributed by atoms with Crippen LogP contribution in [-0.2, 0) is 0 Å². The number of ether oxygens (including phenoxy) is 1. The Kier molecular flexibility index (Phi) is 4.41. The van der Waals surface area contributed by atoms with Gasteiger partial charge in [0.1, 0.15) is 11.6 Å². The first-order valence-electron chi connectivity index (χ1n) is 8.80. The number of rotatable bonds is 3. The van der Waals surface area contributed by atoms with Crippen molar-refractivity contribution in [1.29, 1.82) is 0 Å². The zero-order valence-corrected chi connectivity index (χ0v) is 14.1. The Morgan fingerprint density at radius 2 is 2.00 bits per heavy atom. The third-order valence-electron chi connectivity index (χ3n) is 4.70. The van der Waals surface area contributed by atoms with Gasteiger partial charge in [0.05, 0.1) is 24.5 Å². The van der Waals surface area contributed by atoms with E-state index in [0.29, 0.717) is 12.3 Å². The molecule has 2 N–H and O–H groups in total. The lowest BCUT2D eigenvalue weighted by Crippen LogP contribution is -2.35. The summed E-state index contributed by atoms with van der Waals surface area (Å²) in [6.07, 6.45) is 4.91. The Balaban J connectivity index is 1.38. The number of anilines is 2. The van der Waals surface area contributed by atoms with Crippen molar-refractivity contribution in [1.82, 2.24) is 10.3 Å². The molecule has 6 nitrogen and oxygen atoms in total. The minimum atomic E-state index is -0.225. The zero-order chi connectivity index (χ0) is 17.1. The van der Waals surface area contributed by atoms with Gasteiger partial charge in [0.2, 0.25) is 0 Å². The standard InChI is InChI=1S/C19H22N4O2/c24-19(22-16-9-12-25-17-6-2-1-5-15(16)17)21-14-7-8-18(20-13-14)23-10-3-4-11-23/h1-2,5-8,13,16H,3-4,9-12H2,(H2,21,22,24)/t16-/m0/s1. The van der Waals surface area contributed by atoms with Gasteiger partial charge >= 0.3 is 6.03 Å². The molecule has 0 bridgehead atoms. The molecule has 1 aromatic heterocycles. The normalized spacial score (nSPS) is 19.0. The highest BCUT2D eigenvalue weighted by Gasteiger charge is 2.22. The van der Waals surface area contributed by atoms with Gasteiger partial charge in [-0.2, -0.15) is 0 Å². The van der Waals surface area contributed by atoms with E-state index in [2.05, 4.69) is 20.5 Å². The fourth-order valence-electron chi connectivity index (χ4n) is 3.41. The molecule has 1 aromatic carbocycles. The van der Waals surface area contributed by atoms with Gasteiger partial charge < -0.3 is 20.3 Å². The first kappa shape index (κ1) is 15.7. The molecule has 0 aliphatic carbocycles. The van der Waals surface area contributed by atoms with Crippen molar-refractivity contribution in [2.75, 3.05) is 29.9 Å². The van der Waals surface area contributed by atoms with E-state index < -0.39 is 0 Å². The molecule has 1 atom stereocenters. The van der Waals surface area contributed by atoms with Crippen LogP contribution in [0.25, 0.3) is 0 Å². The molecule has 0 radical (unpaired) electrons. The van der Waals surface area contributed by atoms with Crippen LogP contribution in [0.2, 0.25) is 0 Å². The van der Waals surface area contributed by atoms with Gasteiger partial charge in [0, 0.05) is 25.1 Å². The zero-order valence-electron chi connectivity index (χ0n) is 14.1. The molecule has 3 heterocycles. The number of urea groups is 1. The number of nitrogens with one attached hydrogen (secondary N) is 2. The Hall–Kier alpha value is -2.76. The summed E-state index contributed by atoms with van der Waals surface area (Å²) in [5, 5.41) is 5.89. The molecule has 2 amide bonds. The lowest BCUT2D eigenvalue weighted by Gasteiger charge is -2.26. The van der Waals surface area contributed by atoms with Gasteiger partial charge in [-0.05, 0) is 31.0 Å². The number of pyridine rings is 1. The molecule has 2 aliphatic rings. The number of aromatic nitrogens is 1. The van der Waals surface area contributed by atoms with E-state index in [4.69, 9.17) is 4.74 Å². The number of amides is 2. The van der Waals surface area contributed by atoms with Crippen molar-refractivity contribution in [3.05, 3.63) is 48.2 Å². The van der Waals surface area contributed by atoms with Crippen molar-refractivity contribution in [2.24, 2.45) is 0 Å².